The van der Waals surface area contributed by atoms with Gasteiger partial charge < -0.3 is 18.6 Å². The number of benzene rings is 2. The molecule has 160 valence electrons. The van der Waals surface area contributed by atoms with Crippen molar-refractivity contribution in [1.82, 2.24) is 0 Å². The molecule has 0 aliphatic carbocycles. The van der Waals surface area contributed by atoms with Crippen LogP contribution in [0.4, 0.5) is 0 Å². The summed E-state index contributed by atoms with van der Waals surface area (Å²) in [5.74, 6) is 0. The second-order valence-electron chi connectivity index (χ2n) is 9.63. The number of ether oxygens (including phenoxy) is 3. The zero-order valence-electron chi connectivity index (χ0n) is 18.9. The number of fused-ring (bicyclic) bond motifs is 2. The molecule has 0 N–H and O–H groups in total. The Kier molecular flexibility index (Phi) is 5.75. The van der Waals surface area contributed by atoms with Crippen LogP contribution in [0.2, 0.25) is 5.04 Å². The molecule has 0 aromatic heterocycles. The van der Waals surface area contributed by atoms with Gasteiger partial charge in [0.05, 0.1) is 18.7 Å². The number of hydrogen-bond donors (Lipinski definition) is 0. The predicted octanol–water partition coefficient (Wildman–Crippen LogP) is 2.09. The third kappa shape index (κ3) is 3.21. The minimum Gasteiger partial charge on any atom is -0.404 e. The summed E-state index contributed by atoms with van der Waals surface area (Å²) in [4.78, 5) is 0. The Hall–Kier alpha value is -1.44. The topological polar surface area (TPSA) is 36.9 Å². The van der Waals surface area contributed by atoms with Crippen LogP contribution in [0.25, 0.3) is 0 Å². The molecular formula is C24H33BO4Si. The van der Waals surface area contributed by atoms with E-state index in [9.17, 15) is 0 Å². The van der Waals surface area contributed by atoms with Crippen LogP contribution in [0, 0.1) is 0 Å². The van der Waals surface area contributed by atoms with Crippen molar-refractivity contribution in [2.75, 3.05) is 13.7 Å². The Morgan fingerprint density at radius 3 is 2.00 bits per heavy atom. The molecule has 2 aromatic carbocycles. The van der Waals surface area contributed by atoms with E-state index in [1.807, 2.05) is 0 Å². The van der Waals surface area contributed by atoms with Crippen molar-refractivity contribution in [3.63, 3.8) is 0 Å². The predicted molar refractivity (Wildman–Crippen MR) is 125 cm³/mol. The van der Waals surface area contributed by atoms with Gasteiger partial charge in [0.2, 0.25) is 0 Å². The van der Waals surface area contributed by atoms with Crippen LogP contribution in [0.5, 0.6) is 0 Å². The third-order valence-corrected chi connectivity index (χ3v) is 11.9. The molecule has 2 aliphatic rings. The minimum absolute atomic E-state index is 0.00564. The van der Waals surface area contributed by atoms with E-state index in [0.717, 1.165) is 0 Å². The monoisotopic (exact) mass is 424 g/mol. The number of methoxy groups -OCH3 is 1. The van der Waals surface area contributed by atoms with Gasteiger partial charge in [-0.3, -0.25) is 0 Å². The minimum atomic E-state index is -2.65. The fraction of sp³-hybridized carbons (Fsp3) is 0.500. The highest BCUT2D eigenvalue weighted by Crippen LogP contribution is 2.46. The molecule has 2 aromatic rings. The van der Waals surface area contributed by atoms with Gasteiger partial charge in [-0.25, -0.2) is 0 Å². The van der Waals surface area contributed by atoms with E-state index in [1.165, 1.54) is 10.4 Å². The summed E-state index contributed by atoms with van der Waals surface area (Å²) in [6.07, 6.45) is -0.254. The van der Waals surface area contributed by atoms with Crippen LogP contribution in [0.15, 0.2) is 60.7 Å². The summed E-state index contributed by atoms with van der Waals surface area (Å²) < 4.78 is 25.8. The van der Waals surface area contributed by atoms with Crippen molar-refractivity contribution >= 4 is 26.5 Å². The normalized spacial score (nSPS) is 31.2. The van der Waals surface area contributed by atoms with Crippen molar-refractivity contribution in [3.8, 4) is 0 Å². The van der Waals surface area contributed by atoms with Crippen molar-refractivity contribution < 1.29 is 18.6 Å². The zero-order valence-corrected chi connectivity index (χ0v) is 19.9. The average Bonchev–Trinajstić information content (AvgIpc) is 3.15. The molecule has 2 saturated heterocycles. The quantitative estimate of drug-likeness (QED) is 0.666. The molecule has 6 heteroatoms. The van der Waals surface area contributed by atoms with E-state index in [2.05, 4.69) is 96.2 Å². The second kappa shape index (κ2) is 7.92. The first-order valence-corrected chi connectivity index (χ1v) is 12.8. The lowest BCUT2D eigenvalue weighted by molar-refractivity contribution is -0.172. The van der Waals surface area contributed by atoms with Crippen LogP contribution in [0.1, 0.15) is 27.7 Å². The standard InChI is InChI=1S/C24H33BO4Si/c1-17-24(21(26-5)20(28-17)22(25)29-24)16-27-30(23(2,3)4,18-12-8-6-9-13-18)19-14-10-7-11-15-19/h6-15,17,20-22H,16,25H2,1-5H3/t17-,20-,21+,22-,24+/m1/s1. The first-order chi connectivity index (χ1) is 14.3. The highest BCUT2D eigenvalue weighted by molar-refractivity contribution is 6.99. The Morgan fingerprint density at radius 2 is 1.53 bits per heavy atom. The zero-order chi connectivity index (χ0) is 21.6. The Balaban J connectivity index is 1.80. The van der Waals surface area contributed by atoms with Crippen molar-refractivity contribution in [3.05, 3.63) is 60.7 Å². The average molecular weight is 424 g/mol. The fourth-order valence-corrected chi connectivity index (χ4v) is 10.0. The van der Waals surface area contributed by atoms with Crippen molar-refractivity contribution in [1.29, 1.82) is 0 Å². The van der Waals surface area contributed by atoms with E-state index < -0.39 is 13.9 Å². The molecule has 30 heavy (non-hydrogen) atoms. The van der Waals surface area contributed by atoms with Crippen LogP contribution < -0.4 is 10.4 Å². The molecule has 2 fully saturated rings. The third-order valence-electron chi connectivity index (χ3n) is 6.88. The van der Waals surface area contributed by atoms with Gasteiger partial charge in [0.25, 0.3) is 8.32 Å². The van der Waals surface area contributed by atoms with E-state index in [-0.39, 0.29) is 29.4 Å². The molecule has 0 radical (unpaired) electrons. The van der Waals surface area contributed by atoms with Crippen LogP contribution in [0.3, 0.4) is 0 Å². The summed E-state index contributed by atoms with van der Waals surface area (Å²) >= 11 is 0. The van der Waals surface area contributed by atoms with Crippen LogP contribution in [-0.4, -0.2) is 59.8 Å². The molecular weight excluding hydrogens is 391 g/mol. The lowest BCUT2D eigenvalue weighted by atomic mass is 9.90. The lowest BCUT2D eigenvalue weighted by Crippen LogP contribution is -2.68. The first kappa shape index (κ1) is 21.8. The van der Waals surface area contributed by atoms with Gasteiger partial charge in [0.1, 0.15) is 25.7 Å². The van der Waals surface area contributed by atoms with E-state index in [4.69, 9.17) is 18.6 Å². The van der Waals surface area contributed by atoms with E-state index in [0.29, 0.717) is 6.61 Å². The van der Waals surface area contributed by atoms with Crippen LogP contribution in [-0.2, 0) is 18.6 Å². The van der Waals surface area contributed by atoms with E-state index >= 15 is 0 Å². The SMILES string of the molecule is B[C@@H]1O[C@@]2(CO[Si](c3ccccc3)(c3ccccc3)C(C)(C)C)[C@@H](C)O[C@@H]1[C@@H]2OC. The largest absolute Gasteiger partial charge is 0.404 e. The van der Waals surface area contributed by atoms with Gasteiger partial charge in [-0.1, -0.05) is 81.4 Å². The highest BCUT2D eigenvalue weighted by Gasteiger charge is 2.65. The Morgan fingerprint density at radius 1 is 1.00 bits per heavy atom. The maximum absolute atomic E-state index is 7.18. The fourth-order valence-electron chi connectivity index (χ4n) is 5.41. The van der Waals surface area contributed by atoms with Gasteiger partial charge in [0, 0.05) is 7.11 Å². The van der Waals surface area contributed by atoms with Gasteiger partial charge >= 0.3 is 0 Å². The second-order valence-corrected chi connectivity index (χ2v) is 13.9. The summed E-state index contributed by atoms with van der Waals surface area (Å²) in [7, 11) is 1.16. The molecule has 0 spiro atoms. The molecule has 4 rings (SSSR count). The van der Waals surface area contributed by atoms with Gasteiger partial charge in [0.15, 0.2) is 0 Å². The highest BCUT2D eigenvalue weighted by atomic mass is 28.4. The molecule has 2 heterocycles. The van der Waals surface area contributed by atoms with Crippen molar-refractivity contribution in [2.45, 2.75) is 62.6 Å². The number of rotatable bonds is 6. The van der Waals surface area contributed by atoms with Gasteiger partial charge in [-0.15, -0.1) is 0 Å². The molecule has 2 aliphatic heterocycles. The first-order valence-electron chi connectivity index (χ1n) is 10.9. The summed E-state index contributed by atoms with van der Waals surface area (Å²) in [6, 6.07) is 21.4. The summed E-state index contributed by atoms with van der Waals surface area (Å²) in [5, 5.41) is 2.45. The Labute approximate surface area is 182 Å². The molecule has 0 unspecified atom stereocenters. The van der Waals surface area contributed by atoms with Crippen molar-refractivity contribution in [2.24, 2.45) is 0 Å². The molecule has 4 nitrogen and oxygen atoms in total. The lowest BCUT2D eigenvalue weighted by Gasteiger charge is -2.46. The maximum Gasteiger partial charge on any atom is 0.261 e. The molecule has 0 amide bonds. The summed E-state index contributed by atoms with van der Waals surface area (Å²) in [6.45, 7) is 9.40. The van der Waals surface area contributed by atoms with Crippen LogP contribution >= 0.6 is 0 Å². The van der Waals surface area contributed by atoms with Gasteiger partial charge in [-0.2, -0.15) is 0 Å². The molecule has 2 bridgehead atoms. The number of hydrogen-bond acceptors (Lipinski definition) is 4. The van der Waals surface area contributed by atoms with Gasteiger partial charge in [-0.05, 0) is 22.3 Å². The maximum atomic E-state index is 7.18. The molecule has 0 saturated carbocycles. The summed E-state index contributed by atoms with van der Waals surface area (Å²) in [5.41, 5.74) is -0.591. The van der Waals surface area contributed by atoms with E-state index in [1.54, 1.807) is 7.11 Å². The molecule has 5 atom stereocenters. The Bertz CT molecular complexity index is 817. The smallest absolute Gasteiger partial charge is 0.261 e.